The van der Waals surface area contributed by atoms with E-state index in [1.54, 1.807) is 0 Å². The van der Waals surface area contributed by atoms with E-state index in [2.05, 4.69) is 20.8 Å². The molecule has 0 amide bonds. The van der Waals surface area contributed by atoms with Gasteiger partial charge in [-0.2, -0.15) is 10.5 Å². The molecule has 0 aromatic rings. The number of hydroxylamine groups is 1. The minimum Gasteiger partial charge on any atom is -0.302 e. The van der Waals surface area contributed by atoms with Crippen molar-refractivity contribution < 1.29 is 4.84 Å². The van der Waals surface area contributed by atoms with E-state index < -0.39 is 0 Å². The Kier molecular flexibility index (Phi) is 1.83. The summed E-state index contributed by atoms with van der Waals surface area (Å²) in [6, 6.07) is 0. The highest BCUT2D eigenvalue weighted by molar-refractivity contribution is 4.63. The summed E-state index contributed by atoms with van der Waals surface area (Å²) in [4.78, 5) is 4.98. The molecule has 2 aliphatic heterocycles. The molecule has 0 saturated carbocycles. The summed E-state index contributed by atoms with van der Waals surface area (Å²) in [5.41, 5.74) is 2.81. The predicted octanol–water partition coefficient (Wildman–Crippen LogP) is -1.48. The summed E-state index contributed by atoms with van der Waals surface area (Å²) in [6.45, 7) is 4.59. The van der Waals surface area contributed by atoms with Crippen LogP contribution in [0.3, 0.4) is 0 Å². The highest BCUT2D eigenvalue weighted by atomic mass is 16.7. The topological polar surface area (TPSA) is 39.8 Å². The SMILES string of the molecule is C1CN(N2CNOC2)CN1. The lowest BCUT2D eigenvalue weighted by molar-refractivity contribution is -0.0244. The lowest BCUT2D eigenvalue weighted by Gasteiger charge is -2.22. The van der Waals surface area contributed by atoms with Crippen LogP contribution >= 0.6 is 0 Å². The summed E-state index contributed by atoms with van der Waals surface area (Å²) in [7, 11) is 0. The standard InChI is InChI=1S/C5H12N4O/c1-2-8(3-6-1)9-4-7-10-5-9/h6-7H,1-5H2. The van der Waals surface area contributed by atoms with Crippen molar-refractivity contribution in [2.75, 3.05) is 33.2 Å². The van der Waals surface area contributed by atoms with Crippen LogP contribution in [0.25, 0.3) is 0 Å². The molecule has 0 spiro atoms. The maximum absolute atomic E-state index is 4.98. The number of nitrogens with zero attached hydrogens (tertiary/aromatic N) is 2. The first-order valence-corrected chi connectivity index (χ1v) is 3.52. The van der Waals surface area contributed by atoms with Crippen LogP contribution in [0.15, 0.2) is 0 Å². The van der Waals surface area contributed by atoms with Crippen LogP contribution in [0.1, 0.15) is 0 Å². The molecule has 10 heavy (non-hydrogen) atoms. The normalized spacial score (nSPS) is 30.0. The quantitative estimate of drug-likeness (QED) is 0.469. The van der Waals surface area contributed by atoms with E-state index in [9.17, 15) is 0 Å². The molecule has 2 N–H and O–H groups in total. The van der Waals surface area contributed by atoms with Gasteiger partial charge in [0.05, 0.1) is 13.3 Å². The zero-order chi connectivity index (χ0) is 6.81. The molecule has 2 saturated heterocycles. The van der Waals surface area contributed by atoms with Gasteiger partial charge in [-0.15, -0.1) is 0 Å². The van der Waals surface area contributed by atoms with E-state index in [4.69, 9.17) is 4.84 Å². The van der Waals surface area contributed by atoms with Gasteiger partial charge in [0.15, 0.2) is 0 Å². The van der Waals surface area contributed by atoms with Crippen molar-refractivity contribution in [2.45, 2.75) is 0 Å². The fourth-order valence-corrected chi connectivity index (χ4v) is 1.20. The third-order valence-electron chi connectivity index (χ3n) is 1.80. The molecule has 0 aromatic heterocycles. The fourth-order valence-electron chi connectivity index (χ4n) is 1.20. The number of hydrogen-bond donors (Lipinski definition) is 2. The second-order valence-corrected chi connectivity index (χ2v) is 2.47. The molecule has 0 bridgehead atoms. The molecule has 0 radical (unpaired) electrons. The van der Waals surface area contributed by atoms with Gasteiger partial charge < -0.3 is 5.32 Å². The van der Waals surface area contributed by atoms with Crippen molar-refractivity contribution in [3.05, 3.63) is 0 Å². The van der Waals surface area contributed by atoms with Gasteiger partial charge in [0.2, 0.25) is 0 Å². The Morgan fingerprint density at radius 3 is 2.80 bits per heavy atom. The molecule has 0 atom stereocenters. The van der Waals surface area contributed by atoms with Gasteiger partial charge in [-0.1, -0.05) is 0 Å². The molecule has 0 aliphatic carbocycles. The second-order valence-electron chi connectivity index (χ2n) is 2.47. The van der Waals surface area contributed by atoms with Gasteiger partial charge in [-0.05, 0) is 0 Å². The molecule has 2 aliphatic rings. The van der Waals surface area contributed by atoms with Crippen LogP contribution in [0.2, 0.25) is 0 Å². The van der Waals surface area contributed by atoms with E-state index in [-0.39, 0.29) is 0 Å². The fraction of sp³-hybridized carbons (Fsp3) is 1.00. The molecule has 58 valence electrons. The van der Waals surface area contributed by atoms with E-state index >= 15 is 0 Å². The van der Waals surface area contributed by atoms with Crippen LogP contribution in [0.5, 0.6) is 0 Å². The smallest absolute Gasteiger partial charge is 0.135 e. The zero-order valence-corrected chi connectivity index (χ0v) is 5.84. The minimum absolute atomic E-state index is 0.668. The predicted molar refractivity (Wildman–Crippen MR) is 35.4 cm³/mol. The maximum atomic E-state index is 4.98. The zero-order valence-electron chi connectivity index (χ0n) is 5.84. The van der Waals surface area contributed by atoms with Crippen molar-refractivity contribution in [2.24, 2.45) is 0 Å². The molecule has 0 aromatic carbocycles. The number of rotatable bonds is 1. The summed E-state index contributed by atoms with van der Waals surface area (Å²) in [6.07, 6.45) is 0. The van der Waals surface area contributed by atoms with E-state index in [1.165, 1.54) is 0 Å². The van der Waals surface area contributed by atoms with Crippen LogP contribution < -0.4 is 10.8 Å². The Labute approximate surface area is 59.8 Å². The number of hydrogen-bond acceptors (Lipinski definition) is 5. The first kappa shape index (κ1) is 6.51. The average Bonchev–Trinajstić information content (AvgIpc) is 2.59. The lowest BCUT2D eigenvalue weighted by Crippen LogP contribution is -2.40. The summed E-state index contributed by atoms with van der Waals surface area (Å²) >= 11 is 0. The average molecular weight is 144 g/mol. The molecule has 2 heterocycles. The van der Waals surface area contributed by atoms with Crippen LogP contribution in [0.4, 0.5) is 0 Å². The van der Waals surface area contributed by atoms with Gasteiger partial charge >= 0.3 is 0 Å². The molecule has 2 rings (SSSR count). The summed E-state index contributed by atoms with van der Waals surface area (Å²) in [5.74, 6) is 0. The van der Waals surface area contributed by atoms with E-state index in [0.717, 1.165) is 26.4 Å². The van der Waals surface area contributed by atoms with Crippen LogP contribution in [-0.2, 0) is 4.84 Å². The Balaban J connectivity index is 1.85. The van der Waals surface area contributed by atoms with Crippen molar-refractivity contribution >= 4 is 0 Å². The Hall–Kier alpha value is -0.200. The Morgan fingerprint density at radius 2 is 2.20 bits per heavy atom. The van der Waals surface area contributed by atoms with Gasteiger partial charge in [-0.3, -0.25) is 4.84 Å². The van der Waals surface area contributed by atoms with Crippen LogP contribution in [-0.4, -0.2) is 43.2 Å². The van der Waals surface area contributed by atoms with Crippen molar-refractivity contribution in [1.82, 2.24) is 20.8 Å². The van der Waals surface area contributed by atoms with Gasteiger partial charge in [-0.25, -0.2) is 5.01 Å². The van der Waals surface area contributed by atoms with Crippen molar-refractivity contribution in [3.8, 4) is 0 Å². The number of nitrogens with one attached hydrogen (secondary N) is 2. The largest absolute Gasteiger partial charge is 0.302 e. The van der Waals surface area contributed by atoms with Gasteiger partial charge in [0.1, 0.15) is 6.73 Å². The summed E-state index contributed by atoms with van der Waals surface area (Å²) < 4.78 is 0. The van der Waals surface area contributed by atoms with E-state index in [0.29, 0.717) is 6.73 Å². The van der Waals surface area contributed by atoms with E-state index in [1.807, 2.05) is 0 Å². The molecule has 0 unspecified atom stereocenters. The van der Waals surface area contributed by atoms with Crippen molar-refractivity contribution in [3.63, 3.8) is 0 Å². The highest BCUT2D eigenvalue weighted by Gasteiger charge is 2.21. The third-order valence-corrected chi connectivity index (χ3v) is 1.80. The molecular formula is C5H12N4O. The molecule has 2 fully saturated rings. The minimum atomic E-state index is 0.668. The van der Waals surface area contributed by atoms with Gasteiger partial charge in [0.25, 0.3) is 0 Å². The number of hydrazine groups is 1. The molecule has 5 heteroatoms. The monoisotopic (exact) mass is 144 g/mol. The van der Waals surface area contributed by atoms with Gasteiger partial charge in [0, 0.05) is 13.1 Å². The summed E-state index contributed by atoms with van der Waals surface area (Å²) in [5, 5.41) is 7.63. The molecule has 5 nitrogen and oxygen atoms in total. The highest BCUT2D eigenvalue weighted by Crippen LogP contribution is 2.02. The first-order chi connectivity index (χ1) is 4.97. The Morgan fingerprint density at radius 1 is 1.20 bits per heavy atom. The van der Waals surface area contributed by atoms with Crippen LogP contribution in [0, 0.1) is 0 Å². The third kappa shape index (κ3) is 1.14. The second kappa shape index (κ2) is 2.81. The Bertz CT molecular complexity index is 94.2. The first-order valence-electron chi connectivity index (χ1n) is 3.52. The van der Waals surface area contributed by atoms with Crippen molar-refractivity contribution in [1.29, 1.82) is 0 Å². The molecular weight excluding hydrogens is 132 g/mol. The maximum Gasteiger partial charge on any atom is 0.135 e. The lowest BCUT2D eigenvalue weighted by atomic mass is 10.7.